The van der Waals surface area contributed by atoms with E-state index in [4.69, 9.17) is 0 Å². The van der Waals surface area contributed by atoms with Gasteiger partial charge in [-0.1, -0.05) is 0 Å². The highest BCUT2D eigenvalue weighted by Crippen LogP contribution is 2.30. The third-order valence-electron chi connectivity index (χ3n) is 3.44. The van der Waals surface area contributed by atoms with E-state index in [9.17, 15) is 14.4 Å². The Labute approximate surface area is 132 Å². The first kappa shape index (κ1) is 16.1. The van der Waals surface area contributed by atoms with Gasteiger partial charge < -0.3 is 5.32 Å². The third kappa shape index (κ3) is 3.00. The van der Waals surface area contributed by atoms with Crippen molar-refractivity contribution in [2.75, 3.05) is 17.3 Å². The molecule has 2 aromatic rings. The first-order valence-electron chi connectivity index (χ1n) is 6.66. The zero-order chi connectivity index (χ0) is 16.3. The summed E-state index contributed by atoms with van der Waals surface area (Å²) < 4.78 is 14.9. The van der Waals surface area contributed by atoms with E-state index in [0.29, 0.717) is 22.8 Å². The lowest BCUT2D eigenvalue weighted by atomic mass is 10.2. The van der Waals surface area contributed by atoms with Crippen LogP contribution in [0.2, 0.25) is 0 Å². The van der Waals surface area contributed by atoms with Crippen LogP contribution in [0.5, 0.6) is 0 Å². The number of carbonyl (C=O) groups is 1. The molecule has 0 spiro atoms. The second-order valence-electron chi connectivity index (χ2n) is 4.84. The van der Waals surface area contributed by atoms with Crippen molar-refractivity contribution in [3.05, 3.63) is 46.9 Å². The molecule has 0 fully saturated rings. The number of hydrogen-bond donors (Lipinski definition) is 1. The van der Waals surface area contributed by atoms with Gasteiger partial charge in [-0.2, -0.15) is 17.0 Å². The average molecular weight is 317 g/mol. The molecule has 2 rings (SSSR count). The minimum atomic E-state index is -0.334. The number of nitriles is 1. The molecule has 4 nitrogen and oxygen atoms in total. The summed E-state index contributed by atoms with van der Waals surface area (Å²) in [6, 6.07) is 8.08. The Kier molecular flexibility index (Phi) is 4.88. The Morgan fingerprint density at radius 2 is 2.00 bits per heavy atom. The molecule has 0 aliphatic heterocycles. The van der Waals surface area contributed by atoms with Gasteiger partial charge in [0.15, 0.2) is 0 Å². The van der Waals surface area contributed by atoms with Crippen LogP contribution in [0.4, 0.5) is 10.2 Å². The molecule has 0 saturated carbocycles. The SMILES string of the molecule is CSCC(=O)Nc1c(C#N)c(C)c(C)n1-c1ccc(F)cc1. The molecule has 0 saturated heterocycles. The molecule has 0 unspecified atom stereocenters. The van der Waals surface area contributed by atoms with E-state index in [1.54, 1.807) is 16.7 Å². The molecule has 0 aliphatic carbocycles. The normalized spacial score (nSPS) is 10.3. The first-order valence-corrected chi connectivity index (χ1v) is 8.05. The minimum absolute atomic E-state index is 0.176. The maximum absolute atomic E-state index is 13.1. The number of amides is 1. The standard InChI is InChI=1S/C16H16FN3OS/c1-10-11(2)20(13-6-4-12(17)5-7-13)16(14(10)8-18)19-15(21)9-22-3/h4-7H,9H2,1-3H3,(H,19,21). The summed E-state index contributed by atoms with van der Waals surface area (Å²) in [6.07, 6.45) is 1.83. The van der Waals surface area contributed by atoms with Crippen molar-refractivity contribution in [3.8, 4) is 11.8 Å². The summed E-state index contributed by atoms with van der Waals surface area (Å²) >= 11 is 1.40. The molecule has 1 aromatic heterocycles. The lowest BCUT2D eigenvalue weighted by molar-refractivity contribution is -0.113. The fraction of sp³-hybridized carbons (Fsp3) is 0.250. The largest absolute Gasteiger partial charge is 0.310 e. The van der Waals surface area contributed by atoms with Crippen molar-refractivity contribution >= 4 is 23.5 Å². The lowest BCUT2D eigenvalue weighted by Crippen LogP contribution is -2.17. The van der Waals surface area contributed by atoms with Crippen LogP contribution in [0.25, 0.3) is 5.69 Å². The summed E-state index contributed by atoms with van der Waals surface area (Å²) in [4.78, 5) is 11.9. The van der Waals surface area contributed by atoms with Gasteiger partial charge in [0.25, 0.3) is 0 Å². The predicted octanol–water partition coefficient (Wildman–Crippen LogP) is 3.41. The van der Waals surface area contributed by atoms with E-state index < -0.39 is 0 Å². The molecule has 1 amide bonds. The summed E-state index contributed by atoms with van der Waals surface area (Å²) in [6.45, 7) is 3.70. The monoisotopic (exact) mass is 317 g/mol. The molecule has 0 aliphatic rings. The van der Waals surface area contributed by atoms with Gasteiger partial charge in [0.1, 0.15) is 17.7 Å². The minimum Gasteiger partial charge on any atom is -0.310 e. The van der Waals surface area contributed by atoms with Crippen LogP contribution >= 0.6 is 11.8 Å². The Bertz CT molecular complexity index is 744. The second kappa shape index (κ2) is 6.67. The number of nitrogens with one attached hydrogen (secondary N) is 1. The number of nitrogens with zero attached hydrogens (tertiary/aromatic N) is 2. The summed E-state index contributed by atoms with van der Waals surface area (Å²) in [7, 11) is 0. The number of anilines is 1. The number of carbonyl (C=O) groups excluding carboxylic acids is 1. The molecular formula is C16H16FN3OS. The number of halogens is 1. The fourth-order valence-corrected chi connectivity index (χ4v) is 2.61. The van der Waals surface area contributed by atoms with Crippen molar-refractivity contribution in [2.45, 2.75) is 13.8 Å². The van der Waals surface area contributed by atoms with Gasteiger partial charge in [0, 0.05) is 11.4 Å². The van der Waals surface area contributed by atoms with E-state index in [-0.39, 0.29) is 11.7 Å². The van der Waals surface area contributed by atoms with Gasteiger partial charge >= 0.3 is 0 Å². The topological polar surface area (TPSA) is 57.8 Å². The quantitative estimate of drug-likeness (QED) is 0.940. The second-order valence-corrected chi connectivity index (χ2v) is 5.70. The van der Waals surface area contributed by atoms with Crippen LogP contribution in [0, 0.1) is 31.0 Å². The van der Waals surface area contributed by atoms with Crippen LogP contribution in [0.3, 0.4) is 0 Å². The van der Waals surface area contributed by atoms with Gasteiger partial charge in [-0.3, -0.25) is 9.36 Å². The molecule has 1 heterocycles. The van der Waals surface area contributed by atoms with Crippen LogP contribution in [0.1, 0.15) is 16.8 Å². The van der Waals surface area contributed by atoms with Crippen molar-refractivity contribution in [1.82, 2.24) is 4.57 Å². The molecular weight excluding hydrogens is 301 g/mol. The number of benzene rings is 1. The molecule has 1 aromatic carbocycles. The maximum Gasteiger partial charge on any atom is 0.235 e. The molecule has 0 atom stereocenters. The van der Waals surface area contributed by atoms with Crippen LogP contribution in [-0.2, 0) is 4.79 Å². The summed E-state index contributed by atoms with van der Waals surface area (Å²) in [5.74, 6) is 0.226. The molecule has 22 heavy (non-hydrogen) atoms. The number of rotatable bonds is 4. The van der Waals surface area contributed by atoms with Gasteiger partial charge in [0.05, 0.1) is 11.3 Å². The summed E-state index contributed by atoms with van der Waals surface area (Å²) in [5, 5.41) is 12.2. The van der Waals surface area contributed by atoms with Crippen LogP contribution in [-0.4, -0.2) is 22.5 Å². The molecule has 1 N–H and O–H groups in total. The number of hydrogen-bond acceptors (Lipinski definition) is 3. The van der Waals surface area contributed by atoms with Gasteiger partial charge in [-0.15, -0.1) is 0 Å². The van der Waals surface area contributed by atoms with Gasteiger partial charge in [-0.05, 0) is 49.9 Å². The smallest absolute Gasteiger partial charge is 0.235 e. The van der Waals surface area contributed by atoms with Crippen LogP contribution < -0.4 is 5.32 Å². The van der Waals surface area contributed by atoms with E-state index >= 15 is 0 Å². The third-order valence-corrected chi connectivity index (χ3v) is 3.99. The van der Waals surface area contributed by atoms with Crippen molar-refractivity contribution < 1.29 is 9.18 Å². The Morgan fingerprint density at radius 1 is 1.36 bits per heavy atom. The molecule has 0 bridgehead atoms. The van der Waals surface area contributed by atoms with E-state index in [1.807, 2.05) is 20.1 Å². The van der Waals surface area contributed by atoms with Crippen molar-refractivity contribution in [2.24, 2.45) is 0 Å². The summed E-state index contributed by atoms with van der Waals surface area (Å²) in [5.41, 5.74) is 2.76. The highest BCUT2D eigenvalue weighted by atomic mass is 32.2. The van der Waals surface area contributed by atoms with Crippen molar-refractivity contribution in [3.63, 3.8) is 0 Å². The molecule has 0 radical (unpaired) electrons. The predicted molar refractivity (Wildman–Crippen MR) is 86.9 cm³/mol. The number of thioether (sulfide) groups is 1. The van der Waals surface area contributed by atoms with E-state index in [0.717, 1.165) is 11.3 Å². The Balaban J connectivity index is 2.59. The number of aromatic nitrogens is 1. The zero-order valence-electron chi connectivity index (χ0n) is 12.6. The fourth-order valence-electron chi connectivity index (χ4n) is 2.27. The zero-order valence-corrected chi connectivity index (χ0v) is 13.4. The van der Waals surface area contributed by atoms with Gasteiger partial charge in [0.2, 0.25) is 5.91 Å². The highest BCUT2D eigenvalue weighted by molar-refractivity contribution is 7.99. The first-order chi connectivity index (χ1) is 10.5. The Morgan fingerprint density at radius 3 is 2.55 bits per heavy atom. The van der Waals surface area contributed by atoms with E-state index in [2.05, 4.69) is 11.4 Å². The maximum atomic E-state index is 13.1. The molecule has 114 valence electrons. The molecule has 6 heteroatoms. The lowest BCUT2D eigenvalue weighted by Gasteiger charge is -2.13. The highest BCUT2D eigenvalue weighted by Gasteiger charge is 2.20. The van der Waals surface area contributed by atoms with E-state index in [1.165, 1.54) is 23.9 Å². The van der Waals surface area contributed by atoms with Gasteiger partial charge in [-0.25, -0.2) is 4.39 Å². The van der Waals surface area contributed by atoms with Crippen molar-refractivity contribution in [1.29, 1.82) is 5.26 Å². The van der Waals surface area contributed by atoms with Crippen LogP contribution in [0.15, 0.2) is 24.3 Å². The Hall–Kier alpha value is -2.26. The average Bonchev–Trinajstić information content (AvgIpc) is 2.71.